The van der Waals surface area contributed by atoms with Crippen LogP contribution in [0.2, 0.25) is 0 Å². The fourth-order valence-corrected chi connectivity index (χ4v) is 3.86. The number of hydrogen-bond acceptors (Lipinski definition) is 6. The maximum absolute atomic E-state index is 12.3. The molecule has 1 saturated heterocycles. The molecule has 32 heavy (non-hydrogen) atoms. The van der Waals surface area contributed by atoms with Gasteiger partial charge in [0.05, 0.1) is 18.2 Å². The molecule has 8 nitrogen and oxygen atoms in total. The van der Waals surface area contributed by atoms with E-state index in [-0.39, 0.29) is 24.9 Å². The summed E-state index contributed by atoms with van der Waals surface area (Å²) in [4.78, 5) is 28.4. The number of nitrogens with zero attached hydrogens (tertiary/aromatic N) is 3. The molecule has 1 atom stereocenters. The van der Waals surface area contributed by atoms with Gasteiger partial charge in [-0.15, -0.1) is 11.6 Å². The Balaban J connectivity index is 1.84. The normalized spacial score (nSPS) is 15.7. The van der Waals surface area contributed by atoms with E-state index >= 15 is 0 Å². The second-order valence-electron chi connectivity index (χ2n) is 8.90. The van der Waals surface area contributed by atoms with E-state index in [1.54, 1.807) is 18.7 Å². The molecule has 1 aromatic carbocycles. The summed E-state index contributed by atoms with van der Waals surface area (Å²) in [6.45, 7) is 5.67. The Hall–Kier alpha value is -2.34. The second kappa shape index (κ2) is 12.0. The lowest BCUT2D eigenvalue weighted by Crippen LogP contribution is -2.48. The van der Waals surface area contributed by atoms with E-state index in [2.05, 4.69) is 16.3 Å². The van der Waals surface area contributed by atoms with E-state index in [4.69, 9.17) is 16.9 Å². The Morgan fingerprint density at radius 2 is 1.94 bits per heavy atom. The molecule has 0 bridgehead atoms. The maximum Gasteiger partial charge on any atom is 0.249 e. The van der Waals surface area contributed by atoms with Gasteiger partial charge in [-0.2, -0.15) is 5.26 Å². The fraction of sp³-hybridized carbons (Fsp3) is 0.609. The highest BCUT2D eigenvalue weighted by atomic mass is 35.5. The highest BCUT2D eigenvalue weighted by Gasteiger charge is 2.33. The lowest BCUT2D eigenvalue weighted by molar-refractivity contribution is -0.137. The Morgan fingerprint density at radius 3 is 2.47 bits per heavy atom. The van der Waals surface area contributed by atoms with Gasteiger partial charge in [0.1, 0.15) is 12.0 Å². The lowest BCUT2D eigenvalue weighted by Gasteiger charge is -2.36. The van der Waals surface area contributed by atoms with Gasteiger partial charge in [-0.1, -0.05) is 13.8 Å². The van der Waals surface area contributed by atoms with Gasteiger partial charge in [0.25, 0.3) is 0 Å². The highest BCUT2D eigenvalue weighted by Crippen LogP contribution is 2.24. The van der Waals surface area contributed by atoms with Crippen molar-refractivity contribution in [2.75, 3.05) is 50.1 Å². The number of carbonyl (C=O) groups is 2. The first kappa shape index (κ1) is 25.9. The molecule has 1 fully saturated rings. The van der Waals surface area contributed by atoms with Gasteiger partial charge in [0.15, 0.2) is 0 Å². The summed E-state index contributed by atoms with van der Waals surface area (Å²) in [7, 11) is 0. The number of amides is 2. The van der Waals surface area contributed by atoms with Crippen molar-refractivity contribution in [3.05, 3.63) is 29.8 Å². The first-order valence-electron chi connectivity index (χ1n) is 10.9. The third kappa shape index (κ3) is 7.09. The summed E-state index contributed by atoms with van der Waals surface area (Å²) in [5.41, 5.74) is 0.778. The molecular formula is C23H33ClN4O4. The first-order valence-corrected chi connectivity index (χ1v) is 11.4. The van der Waals surface area contributed by atoms with Crippen LogP contribution < -0.4 is 10.2 Å². The van der Waals surface area contributed by atoms with Crippen molar-refractivity contribution in [2.45, 2.75) is 32.8 Å². The van der Waals surface area contributed by atoms with Crippen LogP contribution >= 0.6 is 11.6 Å². The molecule has 1 aliphatic rings. The van der Waals surface area contributed by atoms with Crippen molar-refractivity contribution < 1.29 is 19.8 Å². The predicted octanol–water partition coefficient (Wildman–Crippen LogP) is 1.34. The molecule has 2 amide bonds. The highest BCUT2D eigenvalue weighted by molar-refractivity contribution is 6.27. The van der Waals surface area contributed by atoms with Crippen LogP contribution in [0.15, 0.2) is 24.3 Å². The van der Waals surface area contributed by atoms with Gasteiger partial charge in [-0.25, -0.2) is 0 Å². The number of aliphatic hydroxyl groups is 2. The summed E-state index contributed by atoms with van der Waals surface area (Å²) in [6.07, 6.45) is 0.500. The average Bonchev–Trinajstić information content (AvgIpc) is 2.82. The number of nitriles is 1. The fourth-order valence-electron chi connectivity index (χ4n) is 3.69. The summed E-state index contributed by atoms with van der Waals surface area (Å²) >= 11 is 5.79. The van der Waals surface area contributed by atoms with Crippen LogP contribution in [-0.4, -0.2) is 78.2 Å². The van der Waals surface area contributed by atoms with Gasteiger partial charge < -0.3 is 25.3 Å². The monoisotopic (exact) mass is 464 g/mol. The summed E-state index contributed by atoms with van der Waals surface area (Å²) in [5, 5.41) is 31.0. The van der Waals surface area contributed by atoms with Crippen molar-refractivity contribution in [2.24, 2.45) is 11.3 Å². The summed E-state index contributed by atoms with van der Waals surface area (Å²) in [5.74, 6) is -0.561. The van der Waals surface area contributed by atoms with Gasteiger partial charge in [-0.3, -0.25) is 9.59 Å². The van der Waals surface area contributed by atoms with Gasteiger partial charge >= 0.3 is 0 Å². The molecule has 1 heterocycles. The van der Waals surface area contributed by atoms with E-state index in [9.17, 15) is 19.8 Å². The number of rotatable bonds is 10. The van der Waals surface area contributed by atoms with Crippen LogP contribution in [0.3, 0.4) is 0 Å². The molecule has 0 unspecified atom stereocenters. The van der Waals surface area contributed by atoms with E-state index in [1.165, 1.54) is 0 Å². The topological polar surface area (TPSA) is 117 Å². The van der Waals surface area contributed by atoms with Crippen molar-refractivity contribution in [3.63, 3.8) is 0 Å². The second-order valence-corrected chi connectivity index (χ2v) is 9.17. The molecular weight excluding hydrogens is 432 g/mol. The van der Waals surface area contributed by atoms with Crippen molar-refractivity contribution in [3.8, 4) is 6.07 Å². The summed E-state index contributed by atoms with van der Waals surface area (Å²) in [6, 6.07) is 9.66. The Bertz CT molecular complexity index is 801. The number of benzene rings is 1. The molecule has 176 valence electrons. The predicted molar refractivity (Wildman–Crippen MR) is 123 cm³/mol. The largest absolute Gasteiger partial charge is 0.396 e. The van der Waals surface area contributed by atoms with Crippen LogP contribution in [0.4, 0.5) is 5.69 Å². The molecule has 1 aliphatic heterocycles. The van der Waals surface area contributed by atoms with Gasteiger partial charge in [0.2, 0.25) is 11.8 Å². The Kier molecular flexibility index (Phi) is 9.76. The van der Waals surface area contributed by atoms with Gasteiger partial charge in [0, 0.05) is 43.8 Å². The number of anilines is 1. The third-order valence-corrected chi connectivity index (χ3v) is 6.23. The van der Waals surface area contributed by atoms with E-state index < -0.39 is 17.4 Å². The molecule has 0 radical (unpaired) electrons. The van der Waals surface area contributed by atoms with Crippen molar-refractivity contribution in [1.82, 2.24) is 10.2 Å². The number of piperidine rings is 1. The summed E-state index contributed by atoms with van der Waals surface area (Å²) < 4.78 is 0. The molecule has 0 aromatic heterocycles. The average molecular weight is 465 g/mol. The number of aliphatic hydroxyl groups excluding tert-OH is 2. The molecule has 1 aromatic rings. The maximum atomic E-state index is 12.3. The Labute approximate surface area is 194 Å². The zero-order chi connectivity index (χ0) is 23.7. The van der Waals surface area contributed by atoms with Crippen LogP contribution in [0, 0.1) is 22.7 Å². The number of alkyl halides is 1. The van der Waals surface area contributed by atoms with E-state index in [0.717, 1.165) is 31.6 Å². The molecule has 9 heteroatoms. The zero-order valence-corrected chi connectivity index (χ0v) is 19.5. The third-order valence-electron chi connectivity index (χ3n) is 6.00. The molecule has 0 spiro atoms. The lowest BCUT2D eigenvalue weighted by atomic mass is 9.87. The standard InChI is InChI=1S/C23H33ClN4O4/c1-23(2,16-29)21(31)22(32)26-9-12-28(20(30)13-24)15-18-7-10-27(11-8-18)19-5-3-17(14-25)4-6-19/h3-6,18,21,29,31H,7-13,15-16H2,1-2H3,(H,26,32)/t21-/m0/s1. The van der Waals surface area contributed by atoms with Crippen LogP contribution in [0.5, 0.6) is 0 Å². The SMILES string of the molecule is CC(C)(CO)[C@@H](O)C(=O)NCCN(CC1CCN(c2ccc(C#N)cc2)CC1)C(=O)CCl. The molecule has 2 rings (SSSR count). The minimum Gasteiger partial charge on any atom is -0.396 e. The quantitative estimate of drug-likeness (QED) is 0.450. The zero-order valence-electron chi connectivity index (χ0n) is 18.8. The van der Waals surface area contributed by atoms with E-state index in [1.807, 2.05) is 24.3 Å². The minimum absolute atomic E-state index is 0.127. The molecule has 0 saturated carbocycles. The number of hydrogen-bond donors (Lipinski definition) is 3. The van der Waals surface area contributed by atoms with E-state index in [0.29, 0.717) is 24.6 Å². The smallest absolute Gasteiger partial charge is 0.249 e. The van der Waals surface area contributed by atoms with Crippen molar-refractivity contribution in [1.29, 1.82) is 5.26 Å². The van der Waals surface area contributed by atoms with Crippen LogP contribution in [-0.2, 0) is 9.59 Å². The van der Waals surface area contributed by atoms with Gasteiger partial charge in [-0.05, 0) is 43.0 Å². The molecule has 0 aliphatic carbocycles. The molecule has 3 N–H and O–H groups in total. The van der Waals surface area contributed by atoms with Crippen LogP contribution in [0.1, 0.15) is 32.3 Å². The first-order chi connectivity index (χ1) is 15.2. The Morgan fingerprint density at radius 1 is 1.31 bits per heavy atom. The number of carbonyl (C=O) groups excluding carboxylic acids is 2. The number of nitrogens with one attached hydrogen (secondary N) is 1. The minimum atomic E-state index is -1.34. The number of halogens is 1. The van der Waals surface area contributed by atoms with Crippen LogP contribution in [0.25, 0.3) is 0 Å². The van der Waals surface area contributed by atoms with Crippen molar-refractivity contribution >= 4 is 29.1 Å².